The summed E-state index contributed by atoms with van der Waals surface area (Å²) >= 11 is 1.32. The third-order valence-electron chi connectivity index (χ3n) is 4.08. The van der Waals surface area contributed by atoms with Gasteiger partial charge in [0.15, 0.2) is 0 Å². The lowest BCUT2D eigenvalue weighted by Gasteiger charge is -2.43. The molecule has 0 aliphatic carbocycles. The number of hydrogen-bond acceptors (Lipinski definition) is 4. The van der Waals surface area contributed by atoms with Crippen LogP contribution in [0.4, 0.5) is 4.39 Å². The SMILES string of the molecule is CC1(C)S[C@@H]2[C@@H](NC(=O)c3ccccc3F)C(=O)N2[C@@H]1C(=O)O. The summed E-state index contributed by atoms with van der Waals surface area (Å²) in [6.45, 7) is 3.50. The third-order valence-corrected chi connectivity index (χ3v) is 5.65. The van der Waals surface area contributed by atoms with Gasteiger partial charge in [-0.15, -0.1) is 11.8 Å². The Balaban J connectivity index is 1.78. The highest BCUT2D eigenvalue weighted by atomic mass is 32.2. The topological polar surface area (TPSA) is 86.7 Å². The number of nitrogens with one attached hydrogen (secondary N) is 1. The average Bonchev–Trinajstić information content (AvgIpc) is 2.73. The number of benzene rings is 1. The molecule has 0 bridgehead atoms. The van der Waals surface area contributed by atoms with Crippen molar-refractivity contribution >= 4 is 29.5 Å². The van der Waals surface area contributed by atoms with E-state index in [1.54, 1.807) is 13.8 Å². The van der Waals surface area contributed by atoms with Crippen LogP contribution < -0.4 is 5.32 Å². The van der Waals surface area contributed by atoms with E-state index in [1.807, 2.05) is 0 Å². The molecule has 8 heteroatoms. The maximum atomic E-state index is 13.6. The Morgan fingerprint density at radius 3 is 2.61 bits per heavy atom. The normalized spacial score (nSPS) is 28.0. The molecule has 2 heterocycles. The van der Waals surface area contributed by atoms with Crippen molar-refractivity contribution in [2.45, 2.75) is 36.1 Å². The lowest BCUT2D eigenvalue weighted by molar-refractivity contribution is -0.159. The molecule has 0 unspecified atom stereocenters. The number of carbonyl (C=O) groups is 3. The van der Waals surface area contributed by atoms with E-state index in [2.05, 4.69) is 5.32 Å². The second-order valence-electron chi connectivity index (χ2n) is 6.03. The molecule has 122 valence electrons. The van der Waals surface area contributed by atoms with Crippen LogP contribution in [0.25, 0.3) is 0 Å². The van der Waals surface area contributed by atoms with Gasteiger partial charge in [-0.2, -0.15) is 0 Å². The predicted molar refractivity (Wildman–Crippen MR) is 81.4 cm³/mol. The van der Waals surface area contributed by atoms with E-state index in [-0.39, 0.29) is 5.56 Å². The van der Waals surface area contributed by atoms with Gasteiger partial charge in [-0.25, -0.2) is 9.18 Å². The molecule has 1 aromatic carbocycles. The van der Waals surface area contributed by atoms with Crippen LogP contribution in [0, 0.1) is 5.82 Å². The van der Waals surface area contributed by atoms with Crippen LogP contribution in [0.2, 0.25) is 0 Å². The number of carboxylic acid groups (broad SMARTS) is 1. The number of nitrogens with zero attached hydrogens (tertiary/aromatic N) is 1. The van der Waals surface area contributed by atoms with Crippen molar-refractivity contribution in [3.63, 3.8) is 0 Å². The van der Waals surface area contributed by atoms with Crippen molar-refractivity contribution in [3.05, 3.63) is 35.6 Å². The molecule has 2 amide bonds. The molecule has 23 heavy (non-hydrogen) atoms. The molecule has 0 aromatic heterocycles. The van der Waals surface area contributed by atoms with Crippen molar-refractivity contribution in [2.75, 3.05) is 0 Å². The smallest absolute Gasteiger partial charge is 0.327 e. The standard InChI is InChI=1S/C15H15FN2O4S/c1-15(2)10(14(21)22)18-12(20)9(13(18)23-15)17-11(19)7-5-3-4-6-8(7)16/h3-6,9-10,13H,1-2H3,(H,17,19)(H,21,22)/t9-,10+,13+/m0/s1. The van der Waals surface area contributed by atoms with E-state index < -0.39 is 45.8 Å². The van der Waals surface area contributed by atoms with Gasteiger partial charge in [0.2, 0.25) is 5.91 Å². The maximum absolute atomic E-state index is 13.6. The fraction of sp³-hybridized carbons (Fsp3) is 0.400. The minimum absolute atomic E-state index is 0.143. The lowest BCUT2D eigenvalue weighted by atomic mass is 9.96. The van der Waals surface area contributed by atoms with E-state index in [0.717, 1.165) is 6.07 Å². The summed E-state index contributed by atoms with van der Waals surface area (Å²) < 4.78 is 13.0. The largest absolute Gasteiger partial charge is 0.480 e. The Labute approximate surface area is 136 Å². The van der Waals surface area contributed by atoms with E-state index in [0.29, 0.717) is 0 Å². The van der Waals surface area contributed by atoms with Crippen LogP contribution in [0.15, 0.2) is 24.3 Å². The van der Waals surface area contributed by atoms with Gasteiger partial charge >= 0.3 is 5.97 Å². The number of thioether (sulfide) groups is 1. The number of hydrogen-bond donors (Lipinski definition) is 2. The van der Waals surface area contributed by atoms with Gasteiger partial charge in [0, 0.05) is 4.75 Å². The first-order valence-electron chi connectivity index (χ1n) is 7.02. The van der Waals surface area contributed by atoms with E-state index in [1.165, 1.54) is 34.9 Å². The summed E-state index contributed by atoms with van der Waals surface area (Å²) in [6, 6.07) is 3.72. The minimum atomic E-state index is -1.07. The molecule has 3 atom stereocenters. The number of aliphatic carboxylic acids is 1. The fourth-order valence-corrected chi connectivity index (χ4v) is 4.64. The molecule has 6 nitrogen and oxygen atoms in total. The fourth-order valence-electron chi connectivity index (χ4n) is 3.01. The number of rotatable bonds is 3. The molecule has 1 aromatic rings. The van der Waals surface area contributed by atoms with Crippen LogP contribution in [0.1, 0.15) is 24.2 Å². The second-order valence-corrected chi connectivity index (χ2v) is 7.80. The highest BCUT2D eigenvalue weighted by Crippen LogP contribution is 2.50. The Morgan fingerprint density at radius 2 is 2.00 bits per heavy atom. The molecule has 2 fully saturated rings. The predicted octanol–water partition coefficient (Wildman–Crippen LogP) is 1.07. The summed E-state index contributed by atoms with van der Waals surface area (Å²) in [4.78, 5) is 37.1. The Kier molecular flexibility index (Phi) is 3.59. The van der Waals surface area contributed by atoms with Gasteiger partial charge in [-0.3, -0.25) is 9.59 Å². The molecule has 0 radical (unpaired) electrons. The zero-order valence-electron chi connectivity index (χ0n) is 12.4. The van der Waals surface area contributed by atoms with Crippen molar-refractivity contribution < 1.29 is 23.9 Å². The maximum Gasteiger partial charge on any atom is 0.327 e. The summed E-state index contributed by atoms with van der Waals surface area (Å²) in [6.07, 6.45) is 0. The van der Waals surface area contributed by atoms with Gasteiger partial charge < -0.3 is 15.3 Å². The summed E-state index contributed by atoms with van der Waals surface area (Å²) in [7, 11) is 0. The summed E-state index contributed by atoms with van der Waals surface area (Å²) in [5.41, 5.74) is -0.143. The summed E-state index contributed by atoms with van der Waals surface area (Å²) in [5.74, 6) is -2.88. The van der Waals surface area contributed by atoms with Crippen LogP contribution >= 0.6 is 11.8 Å². The zero-order valence-corrected chi connectivity index (χ0v) is 13.3. The van der Waals surface area contributed by atoms with E-state index in [9.17, 15) is 23.9 Å². The molecule has 0 spiro atoms. The van der Waals surface area contributed by atoms with Gasteiger partial charge in [0.25, 0.3) is 5.91 Å². The first-order valence-corrected chi connectivity index (χ1v) is 7.90. The van der Waals surface area contributed by atoms with E-state index >= 15 is 0 Å². The third kappa shape index (κ3) is 2.37. The van der Waals surface area contributed by atoms with Crippen molar-refractivity contribution in [3.8, 4) is 0 Å². The number of carbonyl (C=O) groups excluding carboxylic acids is 2. The summed E-state index contributed by atoms with van der Waals surface area (Å²) in [5, 5.41) is 11.4. The van der Waals surface area contributed by atoms with Crippen LogP contribution in [-0.2, 0) is 9.59 Å². The first kappa shape index (κ1) is 15.8. The molecule has 2 aliphatic rings. The molecule has 2 saturated heterocycles. The number of carboxylic acids is 1. The van der Waals surface area contributed by atoms with Gasteiger partial charge in [-0.1, -0.05) is 12.1 Å². The molecular weight excluding hydrogens is 323 g/mol. The Morgan fingerprint density at radius 1 is 1.35 bits per heavy atom. The number of amides is 2. The van der Waals surface area contributed by atoms with Crippen LogP contribution in [0.3, 0.4) is 0 Å². The first-order chi connectivity index (χ1) is 10.7. The minimum Gasteiger partial charge on any atom is -0.480 e. The number of halogens is 1. The monoisotopic (exact) mass is 338 g/mol. The molecular formula is C15H15FN2O4S. The highest BCUT2D eigenvalue weighted by molar-refractivity contribution is 8.01. The highest BCUT2D eigenvalue weighted by Gasteiger charge is 2.64. The Hall–Kier alpha value is -2.09. The van der Waals surface area contributed by atoms with Crippen molar-refractivity contribution in [2.24, 2.45) is 0 Å². The van der Waals surface area contributed by atoms with E-state index in [4.69, 9.17) is 0 Å². The second kappa shape index (κ2) is 5.23. The van der Waals surface area contributed by atoms with Gasteiger partial charge in [-0.05, 0) is 26.0 Å². The van der Waals surface area contributed by atoms with Gasteiger partial charge in [0.05, 0.1) is 5.56 Å². The zero-order chi connectivity index (χ0) is 16.9. The van der Waals surface area contributed by atoms with Crippen LogP contribution in [-0.4, -0.2) is 50.0 Å². The molecule has 2 aliphatic heterocycles. The molecule has 0 saturated carbocycles. The van der Waals surface area contributed by atoms with Gasteiger partial charge in [0.1, 0.15) is 23.3 Å². The van der Waals surface area contributed by atoms with Crippen molar-refractivity contribution in [1.29, 1.82) is 0 Å². The number of fused-ring (bicyclic) bond motifs is 1. The lowest BCUT2D eigenvalue weighted by Crippen LogP contribution is -2.70. The van der Waals surface area contributed by atoms with Crippen molar-refractivity contribution in [1.82, 2.24) is 10.2 Å². The quantitative estimate of drug-likeness (QED) is 0.805. The average molecular weight is 338 g/mol. The van der Waals surface area contributed by atoms with Crippen LogP contribution in [0.5, 0.6) is 0 Å². The Bertz CT molecular complexity index is 708. The number of β-lactam (4-membered cyclic amide) rings is 1. The molecule has 3 rings (SSSR count). The molecule has 2 N–H and O–H groups in total.